The highest BCUT2D eigenvalue weighted by atomic mass is 19.4. The van der Waals surface area contributed by atoms with Gasteiger partial charge in [0, 0.05) is 5.56 Å². The Morgan fingerprint density at radius 3 is 2.25 bits per heavy atom. The zero-order valence-corrected chi connectivity index (χ0v) is 8.24. The van der Waals surface area contributed by atoms with Crippen molar-refractivity contribution in [1.82, 2.24) is 5.43 Å². The normalized spacial score (nSPS) is 18.6. The highest BCUT2D eigenvalue weighted by Gasteiger charge is 2.45. The van der Waals surface area contributed by atoms with Crippen molar-refractivity contribution in [2.75, 3.05) is 0 Å². The van der Waals surface area contributed by atoms with Gasteiger partial charge in [0.25, 0.3) is 0 Å². The fourth-order valence-corrected chi connectivity index (χ4v) is 1.70. The summed E-state index contributed by atoms with van der Waals surface area (Å²) >= 11 is 0. The molecule has 2 rings (SSSR count). The average molecular weight is 234 g/mol. The highest BCUT2D eigenvalue weighted by molar-refractivity contribution is 5.35. The Morgan fingerprint density at radius 1 is 1.25 bits per heavy atom. The quantitative estimate of drug-likeness (QED) is 0.468. The average Bonchev–Trinajstić information content (AvgIpc) is 2.97. The van der Waals surface area contributed by atoms with Crippen LogP contribution in [0.1, 0.15) is 24.0 Å². The standard InChI is InChI=1S/C10H10F4N2/c11-8-5-6(10(12,13)14)1-2-7(8)9(16-15)3-4-9/h1-2,5,16H,3-4,15H2. The van der Waals surface area contributed by atoms with Gasteiger partial charge in [-0.15, -0.1) is 0 Å². The summed E-state index contributed by atoms with van der Waals surface area (Å²) < 4.78 is 50.4. The van der Waals surface area contributed by atoms with Gasteiger partial charge in [-0.1, -0.05) is 6.07 Å². The van der Waals surface area contributed by atoms with Crippen LogP contribution in [0.2, 0.25) is 0 Å². The Bertz CT molecular complexity index is 410. The Morgan fingerprint density at radius 2 is 1.88 bits per heavy atom. The molecule has 1 aromatic carbocycles. The summed E-state index contributed by atoms with van der Waals surface area (Å²) in [5.41, 5.74) is 0.987. The second-order valence-electron chi connectivity index (χ2n) is 3.92. The van der Waals surface area contributed by atoms with E-state index >= 15 is 0 Å². The van der Waals surface area contributed by atoms with E-state index < -0.39 is 23.1 Å². The molecular weight excluding hydrogens is 224 g/mol. The van der Waals surface area contributed by atoms with Gasteiger partial charge in [0.1, 0.15) is 5.82 Å². The smallest absolute Gasteiger partial charge is 0.271 e. The number of hydrazine groups is 1. The fourth-order valence-electron chi connectivity index (χ4n) is 1.70. The second kappa shape index (κ2) is 3.43. The minimum atomic E-state index is -4.52. The van der Waals surface area contributed by atoms with Crippen molar-refractivity contribution in [2.45, 2.75) is 24.6 Å². The van der Waals surface area contributed by atoms with E-state index in [4.69, 9.17) is 5.84 Å². The molecule has 0 aliphatic heterocycles. The molecular formula is C10H10F4N2. The van der Waals surface area contributed by atoms with Crippen LogP contribution in [0, 0.1) is 5.82 Å². The molecule has 1 fully saturated rings. The molecule has 1 aromatic rings. The van der Waals surface area contributed by atoms with E-state index in [9.17, 15) is 17.6 Å². The third-order valence-electron chi connectivity index (χ3n) is 2.84. The Labute approximate surface area is 89.4 Å². The van der Waals surface area contributed by atoms with Crippen molar-refractivity contribution in [3.05, 3.63) is 35.1 Å². The predicted molar refractivity (Wildman–Crippen MR) is 49.6 cm³/mol. The zero-order chi connectivity index (χ0) is 12.0. The molecule has 88 valence electrons. The van der Waals surface area contributed by atoms with Gasteiger partial charge in [-0.05, 0) is 25.0 Å². The SMILES string of the molecule is NNC1(c2ccc(C(F)(F)F)cc2F)CC1. The lowest BCUT2D eigenvalue weighted by Gasteiger charge is -2.16. The van der Waals surface area contributed by atoms with Crippen molar-refractivity contribution in [3.63, 3.8) is 0 Å². The van der Waals surface area contributed by atoms with Gasteiger partial charge < -0.3 is 0 Å². The Balaban J connectivity index is 2.38. The summed E-state index contributed by atoms with van der Waals surface area (Å²) in [6.07, 6.45) is -3.26. The van der Waals surface area contributed by atoms with Crippen molar-refractivity contribution in [3.8, 4) is 0 Å². The number of benzene rings is 1. The number of nitrogens with one attached hydrogen (secondary N) is 1. The topological polar surface area (TPSA) is 38.0 Å². The first kappa shape index (κ1) is 11.3. The molecule has 0 spiro atoms. The Kier molecular flexibility index (Phi) is 2.43. The maximum absolute atomic E-state index is 13.5. The van der Waals surface area contributed by atoms with Gasteiger partial charge in [-0.25, -0.2) is 9.82 Å². The number of alkyl halides is 3. The number of halogens is 4. The summed E-state index contributed by atoms with van der Waals surface area (Å²) in [4.78, 5) is 0. The lowest BCUT2D eigenvalue weighted by Crippen LogP contribution is -2.35. The first-order chi connectivity index (χ1) is 7.39. The van der Waals surface area contributed by atoms with Crippen LogP contribution in [0.3, 0.4) is 0 Å². The van der Waals surface area contributed by atoms with E-state index in [1.807, 2.05) is 0 Å². The maximum Gasteiger partial charge on any atom is 0.416 e. The molecule has 0 unspecified atom stereocenters. The van der Waals surface area contributed by atoms with Crippen LogP contribution in [0.4, 0.5) is 17.6 Å². The number of nitrogens with two attached hydrogens (primary N) is 1. The van der Waals surface area contributed by atoms with Crippen molar-refractivity contribution < 1.29 is 17.6 Å². The summed E-state index contributed by atoms with van der Waals surface area (Å²) in [5.74, 6) is 4.38. The van der Waals surface area contributed by atoms with Crippen LogP contribution in [0.5, 0.6) is 0 Å². The van der Waals surface area contributed by atoms with Crippen LogP contribution in [-0.2, 0) is 11.7 Å². The summed E-state index contributed by atoms with van der Waals surface area (Å²) in [7, 11) is 0. The fraction of sp³-hybridized carbons (Fsp3) is 0.400. The third kappa shape index (κ3) is 1.78. The third-order valence-corrected chi connectivity index (χ3v) is 2.84. The van der Waals surface area contributed by atoms with Gasteiger partial charge in [0.2, 0.25) is 0 Å². The van der Waals surface area contributed by atoms with Crippen LogP contribution < -0.4 is 11.3 Å². The van der Waals surface area contributed by atoms with Gasteiger partial charge in [-0.2, -0.15) is 13.2 Å². The van der Waals surface area contributed by atoms with Gasteiger partial charge in [-0.3, -0.25) is 5.84 Å². The molecule has 0 amide bonds. The molecule has 0 aromatic heterocycles. The van der Waals surface area contributed by atoms with E-state index in [0.29, 0.717) is 18.9 Å². The second-order valence-corrected chi connectivity index (χ2v) is 3.92. The molecule has 2 nitrogen and oxygen atoms in total. The van der Waals surface area contributed by atoms with Crippen LogP contribution in [0.15, 0.2) is 18.2 Å². The molecule has 0 radical (unpaired) electrons. The van der Waals surface area contributed by atoms with Crippen molar-refractivity contribution in [1.29, 1.82) is 0 Å². The number of hydrogen-bond donors (Lipinski definition) is 2. The van der Waals surface area contributed by atoms with Crippen LogP contribution >= 0.6 is 0 Å². The summed E-state index contributed by atoms with van der Waals surface area (Å²) in [5, 5.41) is 0. The largest absolute Gasteiger partial charge is 0.416 e. The van der Waals surface area contributed by atoms with Gasteiger partial charge in [0.15, 0.2) is 0 Å². The highest BCUT2D eigenvalue weighted by Crippen LogP contribution is 2.46. The molecule has 0 bridgehead atoms. The minimum absolute atomic E-state index is 0.197. The Hall–Kier alpha value is -1.14. The van der Waals surface area contributed by atoms with E-state index in [2.05, 4.69) is 5.43 Å². The first-order valence-electron chi connectivity index (χ1n) is 4.74. The monoisotopic (exact) mass is 234 g/mol. The van der Waals surface area contributed by atoms with Crippen molar-refractivity contribution in [2.24, 2.45) is 5.84 Å². The molecule has 16 heavy (non-hydrogen) atoms. The van der Waals surface area contributed by atoms with E-state index in [1.54, 1.807) is 0 Å². The zero-order valence-electron chi connectivity index (χ0n) is 8.24. The number of rotatable bonds is 2. The van der Waals surface area contributed by atoms with Crippen molar-refractivity contribution >= 4 is 0 Å². The predicted octanol–water partition coefficient (Wildman–Crippen LogP) is 2.30. The van der Waals surface area contributed by atoms with E-state index in [1.165, 1.54) is 0 Å². The van der Waals surface area contributed by atoms with E-state index in [0.717, 1.165) is 12.1 Å². The first-order valence-corrected chi connectivity index (χ1v) is 4.74. The summed E-state index contributed by atoms with van der Waals surface area (Å²) in [6, 6.07) is 2.52. The van der Waals surface area contributed by atoms with Crippen LogP contribution in [0.25, 0.3) is 0 Å². The molecule has 6 heteroatoms. The molecule has 0 saturated heterocycles. The lowest BCUT2D eigenvalue weighted by molar-refractivity contribution is -0.137. The van der Waals surface area contributed by atoms with Gasteiger partial charge >= 0.3 is 6.18 Å². The summed E-state index contributed by atoms with van der Waals surface area (Å²) in [6.45, 7) is 0. The molecule has 0 heterocycles. The molecule has 0 atom stereocenters. The maximum atomic E-state index is 13.5. The minimum Gasteiger partial charge on any atom is -0.271 e. The molecule has 1 aliphatic carbocycles. The van der Waals surface area contributed by atoms with Crippen LogP contribution in [-0.4, -0.2) is 0 Å². The molecule has 1 aliphatic rings. The van der Waals surface area contributed by atoms with Gasteiger partial charge in [0.05, 0.1) is 11.1 Å². The van der Waals surface area contributed by atoms with E-state index in [-0.39, 0.29) is 5.56 Å². The number of hydrogen-bond acceptors (Lipinski definition) is 2. The molecule has 1 saturated carbocycles. The lowest BCUT2D eigenvalue weighted by atomic mass is 10.0. The molecule has 3 N–H and O–H groups in total.